The summed E-state index contributed by atoms with van der Waals surface area (Å²) in [4.78, 5) is 16.6. The predicted molar refractivity (Wildman–Crippen MR) is 108 cm³/mol. The van der Waals surface area contributed by atoms with E-state index in [0.717, 1.165) is 16.7 Å². The summed E-state index contributed by atoms with van der Waals surface area (Å²) in [6.07, 6.45) is 0.262. The maximum absolute atomic E-state index is 12.9. The van der Waals surface area contributed by atoms with Crippen LogP contribution in [0.3, 0.4) is 0 Å². The lowest BCUT2D eigenvalue weighted by molar-refractivity contribution is -0.114. The number of rotatable bonds is 3. The summed E-state index contributed by atoms with van der Waals surface area (Å²) in [5.74, 6) is 0.192. The van der Waals surface area contributed by atoms with E-state index in [1.807, 2.05) is 0 Å². The number of fused-ring (bicyclic) bond motifs is 1. The molecule has 4 rings (SSSR count). The zero-order valence-corrected chi connectivity index (χ0v) is 16.4. The van der Waals surface area contributed by atoms with Crippen LogP contribution in [-0.2, 0) is 9.53 Å². The SMILES string of the molecule is COC1CC(=O)C(c2cc(C)sc2C)=C1c1c(C)sc2ccccc12. The lowest BCUT2D eigenvalue weighted by Crippen LogP contribution is -2.10. The van der Waals surface area contributed by atoms with Crippen LogP contribution in [0.15, 0.2) is 30.3 Å². The van der Waals surface area contributed by atoms with Gasteiger partial charge in [-0.25, -0.2) is 0 Å². The summed E-state index contributed by atoms with van der Waals surface area (Å²) in [5, 5.41) is 1.22. The lowest BCUT2D eigenvalue weighted by Gasteiger charge is -2.14. The Morgan fingerprint density at radius 2 is 1.84 bits per heavy atom. The number of benzene rings is 1. The van der Waals surface area contributed by atoms with E-state index in [4.69, 9.17) is 4.74 Å². The quantitative estimate of drug-likeness (QED) is 0.585. The number of thiophene rings is 2. The van der Waals surface area contributed by atoms with Crippen molar-refractivity contribution < 1.29 is 9.53 Å². The maximum atomic E-state index is 12.9. The van der Waals surface area contributed by atoms with Gasteiger partial charge in [-0.05, 0) is 38.5 Å². The van der Waals surface area contributed by atoms with Gasteiger partial charge in [0, 0.05) is 55.0 Å². The molecule has 1 aromatic carbocycles. The molecule has 0 fully saturated rings. The number of aryl methyl sites for hydroxylation is 3. The van der Waals surface area contributed by atoms with E-state index in [9.17, 15) is 4.79 Å². The Hall–Kier alpha value is -1.75. The molecule has 1 atom stereocenters. The van der Waals surface area contributed by atoms with Crippen molar-refractivity contribution in [1.82, 2.24) is 0 Å². The maximum Gasteiger partial charge on any atom is 0.166 e. The number of ether oxygens (including phenoxy) is 1. The number of allylic oxidation sites excluding steroid dienone is 1. The second-order valence-corrected chi connectivity index (χ2v) is 9.21. The molecule has 0 saturated heterocycles. The predicted octanol–water partition coefficient (Wildman–Crippen LogP) is 5.79. The average molecular weight is 369 g/mol. The highest BCUT2D eigenvalue weighted by atomic mass is 32.1. The number of carbonyl (C=O) groups excluding carboxylic acids is 1. The first-order valence-electron chi connectivity index (χ1n) is 8.37. The molecule has 0 spiro atoms. The van der Waals surface area contributed by atoms with E-state index in [1.54, 1.807) is 29.8 Å². The van der Waals surface area contributed by atoms with Crippen molar-refractivity contribution in [3.05, 3.63) is 56.1 Å². The Morgan fingerprint density at radius 3 is 2.52 bits per heavy atom. The minimum atomic E-state index is -0.168. The van der Waals surface area contributed by atoms with Gasteiger partial charge in [-0.15, -0.1) is 22.7 Å². The first kappa shape index (κ1) is 16.7. The molecule has 0 N–H and O–H groups in total. The summed E-state index contributed by atoms with van der Waals surface area (Å²) in [5.41, 5.74) is 4.21. The molecule has 1 unspecified atom stereocenters. The molecule has 0 saturated carbocycles. The molecule has 1 aliphatic rings. The molecule has 2 heterocycles. The fourth-order valence-corrected chi connectivity index (χ4v) is 5.86. The normalized spacial score (nSPS) is 17.9. The van der Waals surface area contributed by atoms with Gasteiger partial charge >= 0.3 is 0 Å². The van der Waals surface area contributed by atoms with Gasteiger partial charge in [0.15, 0.2) is 5.78 Å². The summed E-state index contributed by atoms with van der Waals surface area (Å²) in [6, 6.07) is 10.6. The second-order valence-electron chi connectivity index (χ2n) is 6.50. The van der Waals surface area contributed by atoms with Crippen molar-refractivity contribution in [2.75, 3.05) is 7.11 Å². The number of hydrogen-bond acceptors (Lipinski definition) is 4. The largest absolute Gasteiger partial charge is 0.376 e. The summed E-state index contributed by atoms with van der Waals surface area (Å²) in [6.45, 7) is 6.34. The molecule has 0 aliphatic heterocycles. The van der Waals surface area contributed by atoms with Crippen LogP contribution in [0.4, 0.5) is 0 Å². The van der Waals surface area contributed by atoms with Gasteiger partial charge < -0.3 is 4.74 Å². The highest BCUT2D eigenvalue weighted by Gasteiger charge is 2.36. The third-order valence-electron chi connectivity index (χ3n) is 4.88. The molecule has 1 aliphatic carbocycles. The Balaban J connectivity index is 2.07. The Morgan fingerprint density at radius 1 is 1.08 bits per heavy atom. The minimum absolute atomic E-state index is 0.168. The highest BCUT2D eigenvalue weighted by molar-refractivity contribution is 7.19. The first-order valence-corrected chi connectivity index (χ1v) is 10.0. The monoisotopic (exact) mass is 368 g/mol. The van der Waals surface area contributed by atoms with Crippen LogP contribution in [0, 0.1) is 20.8 Å². The first-order chi connectivity index (χ1) is 12.0. The second kappa shape index (κ2) is 6.20. The molecule has 4 heteroatoms. The lowest BCUT2D eigenvalue weighted by atomic mass is 9.94. The Labute approximate surface area is 155 Å². The van der Waals surface area contributed by atoms with Gasteiger partial charge in [-0.3, -0.25) is 4.79 Å². The molecule has 128 valence electrons. The van der Waals surface area contributed by atoms with Crippen LogP contribution >= 0.6 is 22.7 Å². The summed E-state index contributed by atoms with van der Waals surface area (Å²) < 4.78 is 7.01. The third-order valence-corrected chi connectivity index (χ3v) is 6.93. The van der Waals surface area contributed by atoms with Crippen LogP contribution in [0.1, 0.15) is 32.2 Å². The topological polar surface area (TPSA) is 26.3 Å². The molecule has 2 nitrogen and oxygen atoms in total. The molecule has 25 heavy (non-hydrogen) atoms. The van der Waals surface area contributed by atoms with Crippen molar-refractivity contribution in [2.24, 2.45) is 0 Å². The fraction of sp³-hybridized carbons (Fsp3) is 0.286. The van der Waals surface area contributed by atoms with Crippen LogP contribution < -0.4 is 0 Å². The van der Waals surface area contributed by atoms with E-state index in [2.05, 4.69) is 51.1 Å². The van der Waals surface area contributed by atoms with Gasteiger partial charge in [-0.2, -0.15) is 0 Å². The van der Waals surface area contributed by atoms with E-state index in [1.165, 1.54) is 30.3 Å². The van der Waals surface area contributed by atoms with Crippen LogP contribution in [0.25, 0.3) is 21.2 Å². The van der Waals surface area contributed by atoms with E-state index >= 15 is 0 Å². The third kappa shape index (κ3) is 2.60. The molecule has 0 amide bonds. The number of ketones is 1. The van der Waals surface area contributed by atoms with Gasteiger partial charge in [-0.1, -0.05) is 18.2 Å². The fourth-order valence-electron chi connectivity index (χ4n) is 3.85. The van der Waals surface area contributed by atoms with Gasteiger partial charge in [0.25, 0.3) is 0 Å². The van der Waals surface area contributed by atoms with Gasteiger partial charge in [0.1, 0.15) is 0 Å². The van der Waals surface area contributed by atoms with E-state index < -0.39 is 0 Å². The number of hydrogen-bond donors (Lipinski definition) is 0. The van der Waals surface area contributed by atoms with Gasteiger partial charge in [0.2, 0.25) is 0 Å². The molecule has 3 aromatic rings. The van der Waals surface area contributed by atoms with Crippen LogP contribution in [0.2, 0.25) is 0 Å². The smallest absolute Gasteiger partial charge is 0.166 e. The van der Waals surface area contributed by atoms with E-state index in [0.29, 0.717) is 6.42 Å². The van der Waals surface area contributed by atoms with Crippen molar-refractivity contribution >= 4 is 49.7 Å². The molecular weight excluding hydrogens is 348 g/mol. The van der Waals surface area contributed by atoms with Crippen molar-refractivity contribution in [1.29, 1.82) is 0 Å². The Bertz CT molecular complexity index is 1020. The zero-order valence-electron chi connectivity index (χ0n) is 14.8. The number of Topliss-reactive ketones (excluding diaryl/α,β-unsaturated/α-hetero) is 1. The average Bonchev–Trinajstić information content (AvgIpc) is 3.19. The van der Waals surface area contributed by atoms with Crippen LogP contribution in [-0.4, -0.2) is 19.0 Å². The minimum Gasteiger partial charge on any atom is -0.376 e. The van der Waals surface area contributed by atoms with Crippen LogP contribution in [0.5, 0.6) is 0 Å². The molecule has 0 bridgehead atoms. The molecule has 2 aromatic heterocycles. The van der Waals surface area contributed by atoms with E-state index in [-0.39, 0.29) is 11.9 Å². The van der Waals surface area contributed by atoms with Crippen molar-refractivity contribution in [3.8, 4) is 0 Å². The zero-order chi connectivity index (χ0) is 17.7. The van der Waals surface area contributed by atoms with Gasteiger partial charge in [0.05, 0.1) is 6.10 Å². The Kier molecular flexibility index (Phi) is 4.14. The number of carbonyl (C=O) groups is 1. The standard InChI is InChI=1S/C21H20O2S2/c1-11-9-15(12(2)24-11)20-16(22)10-17(23-4)21(20)19-13(3)25-18-8-6-5-7-14(18)19/h5-9,17H,10H2,1-4H3. The molecule has 0 radical (unpaired) electrons. The van der Waals surface area contributed by atoms with Crippen molar-refractivity contribution in [2.45, 2.75) is 33.3 Å². The summed E-state index contributed by atoms with van der Waals surface area (Å²) >= 11 is 3.54. The van der Waals surface area contributed by atoms with Crippen molar-refractivity contribution in [3.63, 3.8) is 0 Å². The summed E-state index contributed by atoms with van der Waals surface area (Å²) in [7, 11) is 1.70. The number of methoxy groups -OCH3 is 1. The molecular formula is C21H20O2S2. The highest BCUT2D eigenvalue weighted by Crippen LogP contribution is 2.46.